The summed E-state index contributed by atoms with van der Waals surface area (Å²) in [6.07, 6.45) is 1.29. The van der Waals surface area contributed by atoms with Crippen LogP contribution >= 0.6 is 24.4 Å². The number of ether oxygens (including phenoxy) is 2. The molecule has 0 aromatic heterocycles. The van der Waals surface area contributed by atoms with Crippen LogP contribution in [-0.4, -0.2) is 70.2 Å². The molecular formula is C14H24N3O4S4. The highest BCUT2D eigenvalue weighted by Crippen LogP contribution is 2.18. The Bertz CT molecular complexity index is 476. The molecule has 1 radical (unpaired) electrons. The van der Waals surface area contributed by atoms with E-state index >= 15 is 0 Å². The molecule has 0 N–H and O–H groups in total. The Morgan fingerprint density at radius 3 is 1.40 bits per heavy atom. The largest absolute Gasteiger partial charge is 0.465 e. The Kier molecular flexibility index (Phi) is 11.0. The van der Waals surface area contributed by atoms with Crippen molar-refractivity contribution < 1.29 is 28.2 Å². The van der Waals surface area contributed by atoms with Gasteiger partial charge in [0.15, 0.2) is 5.53 Å². The van der Waals surface area contributed by atoms with Gasteiger partial charge in [0.2, 0.25) is 13.1 Å². The number of hydrogen-bond acceptors (Lipinski definition) is 8. The first-order valence-electron chi connectivity index (χ1n) is 7.68. The van der Waals surface area contributed by atoms with Crippen LogP contribution in [-0.2, 0) is 44.3 Å². The first-order valence-corrected chi connectivity index (χ1v) is 9.32. The van der Waals surface area contributed by atoms with E-state index in [0.717, 1.165) is 0 Å². The van der Waals surface area contributed by atoms with E-state index in [4.69, 9.17) is 59.2 Å². The molecule has 0 aromatic carbocycles. The Balaban J connectivity index is 6.08. The van der Waals surface area contributed by atoms with Gasteiger partial charge in [-0.05, 0) is 12.8 Å². The molecule has 11 heteroatoms. The number of carbonyl (C=O) groups is 2. The third-order valence-corrected chi connectivity index (χ3v) is 4.81. The minimum atomic E-state index is -0.521. The standard InChI is InChI=1S/C14H26N3O4S4/c1-5-7-16(13(22)23,9-11(18)20-3)15-17(8-6-2,14(24)25)10-12(19)21-4/h5-10H2,1-4H3,(H,22,23)(H,24,25)/q+2/p-2. The van der Waals surface area contributed by atoms with Crippen molar-refractivity contribution in [1.82, 2.24) is 5.53 Å². The summed E-state index contributed by atoms with van der Waals surface area (Å²) < 4.78 is 8.92. The molecule has 0 bridgehead atoms. The second-order valence-electron chi connectivity index (χ2n) is 5.38. The van der Waals surface area contributed by atoms with Crippen molar-refractivity contribution in [2.24, 2.45) is 0 Å². The SMILES string of the molecule is CCC[N+](CC(=O)OC)([N][N+](CCC)(CC(=O)OC)C(=S)[S-])C(=S)[S-]. The van der Waals surface area contributed by atoms with Gasteiger partial charge in [0.1, 0.15) is 13.1 Å². The average Bonchev–Trinajstić information content (AvgIpc) is 2.54. The first kappa shape index (κ1) is 24.4. The van der Waals surface area contributed by atoms with Crippen LogP contribution < -0.4 is 5.53 Å². The number of esters is 2. The second-order valence-corrected chi connectivity index (χ2v) is 7.45. The molecule has 2 atom stereocenters. The molecule has 0 saturated carbocycles. The van der Waals surface area contributed by atoms with Gasteiger partial charge in [0.05, 0.1) is 22.9 Å². The zero-order valence-electron chi connectivity index (χ0n) is 14.9. The van der Waals surface area contributed by atoms with E-state index < -0.39 is 11.9 Å². The number of nitrogens with zero attached hydrogens (tertiary/aromatic N) is 3. The van der Waals surface area contributed by atoms with Crippen molar-refractivity contribution in [1.29, 1.82) is 0 Å². The Morgan fingerprint density at radius 2 is 1.20 bits per heavy atom. The molecule has 7 nitrogen and oxygen atoms in total. The lowest BCUT2D eigenvalue weighted by molar-refractivity contribution is -1.09. The van der Waals surface area contributed by atoms with Gasteiger partial charge in [-0.15, -0.1) is 9.18 Å². The molecule has 0 fully saturated rings. The number of hydrogen-bond donors (Lipinski definition) is 0. The van der Waals surface area contributed by atoms with Crippen LogP contribution in [0.2, 0.25) is 0 Å². The van der Waals surface area contributed by atoms with Crippen molar-refractivity contribution >= 4 is 70.3 Å². The van der Waals surface area contributed by atoms with Gasteiger partial charge in [-0.2, -0.15) is 0 Å². The molecule has 0 spiro atoms. The van der Waals surface area contributed by atoms with E-state index in [1.165, 1.54) is 14.2 Å². The molecule has 0 amide bonds. The van der Waals surface area contributed by atoms with Crippen LogP contribution in [0.4, 0.5) is 0 Å². The van der Waals surface area contributed by atoms with Crippen LogP contribution in [0.1, 0.15) is 26.7 Å². The van der Waals surface area contributed by atoms with Crippen molar-refractivity contribution in [2.75, 3.05) is 40.4 Å². The lowest BCUT2D eigenvalue weighted by atomic mass is 10.4. The Hall–Kier alpha value is -0.560. The van der Waals surface area contributed by atoms with Gasteiger partial charge in [-0.3, -0.25) is 0 Å². The second kappa shape index (κ2) is 11.2. The third kappa shape index (κ3) is 6.93. The summed E-state index contributed by atoms with van der Waals surface area (Å²) in [5, 5.41) is 0. The number of quaternary nitrogens is 2. The molecule has 0 aliphatic carbocycles. The molecule has 0 saturated heterocycles. The monoisotopic (exact) mass is 426 g/mol. The maximum Gasteiger partial charge on any atom is 0.364 e. The van der Waals surface area contributed by atoms with Crippen LogP contribution in [0.3, 0.4) is 0 Å². The van der Waals surface area contributed by atoms with Crippen LogP contribution in [0.15, 0.2) is 0 Å². The molecule has 143 valence electrons. The molecule has 0 aromatic rings. The van der Waals surface area contributed by atoms with Gasteiger partial charge in [-0.25, -0.2) is 9.59 Å². The minimum Gasteiger partial charge on any atom is -0.465 e. The highest BCUT2D eigenvalue weighted by molar-refractivity contribution is 8.00. The molecular weight excluding hydrogens is 402 g/mol. The van der Waals surface area contributed by atoms with Crippen molar-refractivity contribution in [3.05, 3.63) is 0 Å². The van der Waals surface area contributed by atoms with E-state index in [0.29, 0.717) is 25.9 Å². The molecule has 0 aliphatic heterocycles. The smallest absolute Gasteiger partial charge is 0.364 e. The lowest BCUT2D eigenvalue weighted by Crippen LogP contribution is -2.72. The molecule has 2 unspecified atom stereocenters. The summed E-state index contributed by atoms with van der Waals surface area (Å²) in [7, 11) is 2.55. The van der Waals surface area contributed by atoms with Crippen LogP contribution in [0, 0.1) is 0 Å². The van der Waals surface area contributed by atoms with Crippen LogP contribution in [0.25, 0.3) is 0 Å². The van der Waals surface area contributed by atoms with Crippen molar-refractivity contribution in [2.45, 2.75) is 26.7 Å². The van der Waals surface area contributed by atoms with E-state index in [-0.39, 0.29) is 30.9 Å². The van der Waals surface area contributed by atoms with Gasteiger partial charge in [0.25, 0.3) is 0 Å². The van der Waals surface area contributed by atoms with E-state index in [1.807, 2.05) is 13.8 Å². The fourth-order valence-corrected chi connectivity index (χ4v) is 3.09. The highest BCUT2D eigenvalue weighted by Gasteiger charge is 2.46. The quantitative estimate of drug-likeness (QED) is 0.168. The molecule has 0 rings (SSSR count). The average molecular weight is 427 g/mol. The predicted octanol–water partition coefficient (Wildman–Crippen LogP) is 0.884. The molecule has 25 heavy (non-hydrogen) atoms. The third-order valence-electron chi connectivity index (χ3n) is 3.45. The van der Waals surface area contributed by atoms with Crippen molar-refractivity contribution in [3.63, 3.8) is 0 Å². The fraction of sp³-hybridized carbons (Fsp3) is 0.714. The zero-order chi connectivity index (χ0) is 19.7. The normalized spacial score (nSPS) is 15.5. The number of rotatable bonds is 10. The highest BCUT2D eigenvalue weighted by atomic mass is 32.1. The topological polar surface area (TPSA) is 66.7 Å². The van der Waals surface area contributed by atoms with Gasteiger partial charge in [-0.1, -0.05) is 13.8 Å². The summed E-state index contributed by atoms with van der Waals surface area (Å²) in [6, 6.07) is 0. The van der Waals surface area contributed by atoms with E-state index in [1.54, 1.807) is 0 Å². The van der Waals surface area contributed by atoms with Crippen molar-refractivity contribution in [3.8, 4) is 0 Å². The van der Waals surface area contributed by atoms with E-state index in [2.05, 4.69) is 5.53 Å². The maximum atomic E-state index is 11.9. The predicted molar refractivity (Wildman–Crippen MR) is 107 cm³/mol. The number of methoxy groups -OCH3 is 2. The Morgan fingerprint density at radius 1 is 0.880 bits per heavy atom. The summed E-state index contributed by atoms with van der Waals surface area (Å²) in [5.74, 6) is -1.04. The molecule has 0 aliphatic rings. The first-order chi connectivity index (χ1) is 11.6. The van der Waals surface area contributed by atoms with E-state index in [9.17, 15) is 9.59 Å². The number of thiocarbonyl (C=S) groups is 2. The number of carbonyl (C=O) groups excluding carboxylic acids is 2. The van der Waals surface area contributed by atoms with Gasteiger partial charge < -0.3 is 59.2 Å². The van der Waals surface area contributed by atoms with Gasteiger partial charge in [0, 0.05) is 0 Å². The lowest BCUT2D eigenvalue weighted by Gasteiger charge is -2.43. The fourth-order valence-electron chi connectivity index (χ4n) is 2.32. The summed E-state index contributed by atoms with van der Waals surface area (Å²) in [4.78, 5) is 23.9. The van der Waals surface area contributed by atoms with Crippen LogP contribution in [0.5, 0.6) is 0 Å². The zero-order valence-corrected chi connectivity index (χ0v) is 18.1. The summed E-state index contributed by atoms with van der Waals surface area (Å²) in [5.41, 5.74) is 4.68. The Labute approximate surface area is 170 Å². The summed E-state index contributed by atoms with van der Waals surface area (Å²) in [6.45, 7) is 4.17. The minimum absolute atomic E-state index is 0.0574. The van der Waals surface area contributed by atoms with Gasteiger partial charge >= 0.3 is 11.9 Å². The maximum absolute atomic E-state index is 11.9. The molecule has 0 heterocycles. The summed E-state index contributed by atoms with van der Waals surface area (Å²) >= 11 is 20.9.